The summed E-state index contributed by atoms with van der Waals surface area (Å²) in [6.45, 7) is 0.350. The van der Waals surface area contributed by atoms with Crippen molar-refractivity contribution in [2.24, 2.45) is 0 Å². The summed E-state index contributed by atoms with van der Waals surface area (Å²) >= 11 is 7.34. The Hall–Kier alpha value is -2.89. The van der Waals surface area contributed by atoms with Gasteiger partial charge in [-0.2, -0.15) is 0 Å². The van der Waals surface area contributed by atoms with Gasteiger partial charge >= 0.3 is 0 Å². The van der Waals surface area contributed by atoms with Crippen LogP contribution in [-0.2, 0) is 6.61 Å². The van der Waals surface area contributed by atoms with Gasteiger partial charge in [0.15, 0.2) is 5.13 Å². The van der Waals surface area contributed by atoms with Crippen LogP contribution >= 0.6 is 22.9 Å². The van der Waals surface area contributed by atoms with Crippen LogP contribution in [0.1, 0.15) is 15.9 Å². The third kappa shape index (κ3) is 4.10. The molecular weight excluding hydrogens is 380 g/mol. The molecule has 1 heterocycles. The van der Waals surface area contributed by atoms with Crippen LogP contribution in [0.2, 0.25) is 5.02 Å². The van der Waals surface area contributed by atoms with Crippen LogP contribution in [0.15, 0.2) is 72.8 Å². The molecule has 134 valence electrons. The number of hydrogen-bond donors (Lipinski definition) is 1. The van der Waals surface area contributed by atoms with Crippen LogP contribution < -0.4 is 10.1 Å². The van der Waals surface area contributed by atoms with E-state index in [1.54, 1.807) is 12.1 Å². The molecule has 0 fully saturated rings. The zero-order chi connectivity index (χ0) is 18.6. The van der Waals surface area contributed by atoms with Gasteiger partial charge in [0.1, 0.15) is 12.4 Å². The monoisotopic (exact) mass is 394 g/mol. The maximum Gasteiger partial charge on any atom is 0.261 e. The smallest absolute Gasteiger partial charge is 0.261 e. The molecule has 1 amide bonds. The summed E-state index contributed by atoms with van der Waals surface area (Å²) in [5.74, 6) is 0.270. The predicted molar refractivity (Wildman–Crippen MR) is 110 cm³/mol. The number of ether oxygens (including phenoxy) is 1. The summed E-state index contributed by atoms with van der Waals surface area (Å²) < 4.78 is 6.89. The van der Waals surface area contributed by atoms with E-state index in [1.165, 1.54) is 11.3 Å². The largest absolute Gasteiger partial charge is 0.488 e. The van der Waals surface area contributed by atoms with E-state index in [4.69, 9.17) is 16.3 Å². The molecular formula is C21H15ClN2O2S. The number of anilines is 1. The van der Waals surface area contributed by atoms with Gasteiger partial charge in [-0.05, 0) is 42.0 Å². The number of aromatic nitrogens is 1. The molecule has 0 radical (unpaired) electrons. The summed E-state index contributed by atoms with van der Waals surface area (Å²) in [5, 5.41) is 4.10. The second-order valence-corrected chi connectivity index (χ2v) is 7.32. The Labute approximate surface area is 165 Å². The Bertz CT molecular complexity index is 1060. The lowest BCUT2D eigenvalue weighted by molar-refractivity contribution is 0.102. The van der Waals surface area contributed by atoms with Crippen LogP contribution in [0.5, 0.6) is 5.75 Å². The first-order valence-electron chi connectivity index (χ1n) is 8.32. The van der Waals surface area contributed by atoms with E-state index in [2.05, 4.69) is 10.3 Å². The Kier molecular flexibility index (Phi) is 5.05. The number of carbonyl (C=O) groups is 1. The van der Waals surface area contributed by atoms with Crippen LogP contribution in [0, 0.1) is 0 Å². The third-order valence-corrected chi connectivity index (χ3v) is 5.16. The van der Waals surface area contributed by atoms with Gasteiger partial charge in [-0.1, -0.05) is 59.3 Å². The second kappa shape index (κ2) is 7.78. The van der Waals surface area contributed by atoms with Crippen LogP contribution in [0.3, 0.4) is 0 Å². The number of halogens is 1. The van der Waals surface area contributed by atoms with Crippen LogP contribution in [-0.4, -0.2) is 10.9 Å². The maximum atomic E-state index is 12.7. The van der Waals surface area contributed by atoms with E-state index >= 15 is 0 Å². The molecule has 1 N–H and O–H groups in total. The van der Waals surface area contributed by atoms with Crippen molar-refractivity contribution in [3.8, 4) is 5.75 Å². The molecule has 4 rings (SSSR count). The molecule has 4 aromatic rings. The highest BCUT2D eigenvalue weighted by molar-refractivity contribution is 7.22. The molecule has 1 aromatic heterocycles. The molecule has 0 atom stereocenters. The maximum absolute atomic E-state index is 12.7. The number of para-hydroxylation sites is 2. The van der Waals surface area contributed by atoms with Gasteiger partial charge in [0.2, 0.25) is 0 Å². The van der Waals surface area contributed by atoms with Crippen molar-refractivity contribution in [3.63, 3.8) is 0 Å². The van der Waals surface area contributed by atoms with Crippen LogP contribution in [0.4, 0.5) is 5.13 Å². The predicted octanol–water partition coefficient (Wildman–Crippen LogP) is 5.78. The molecule has 0 aliphatic rings. The molecule has 27 heavy (non-hydrogen) atoms. The minimum atomic E-state index is -0.249. The van der Waals surface area contributed by atoms with Crippen molar-refractivity contribution in [2.45, 2.75) is 6.61 Å². The average molecular weight is 395 g/mol. The average Bonchev–Trinajstić information content (AvgIpc) is 3.10. The van der Waals surface area contributed by atoms with Gasteiger partial charge in [-0.15, -0.1) is 0 Å². The number of thiazole rings is 1. The number of carbonyl (C=O) groups excluding carboxylic acids is 1. The lowest BCUT2D eigenvalue weighted by Crippen LogP contribution is -2.13. The molecule has 0 aliphatic heterocycles. The minimum absolute atomic E-state index is 0.249. The fraction of sp³-hybridized carbons (Fsp3) is 0.0476. The van der Waals surface area contributed by atoms with E-state index in [0.717, 1.165) is 15.8 Å². The van der Waals surface area contributed by atoms with Gasteiger partial charge in [-0.25, -0.2) is 4.98 Å². The highest BCUT2D eigenvalue weighted by Crippen LogP contribution is 2.27. The molecule has 0 unspecified atom stereocenters. The van der Waals surface area contributed by atoms with Crippen molar-refractivity contribution in [1.82, 2.24) is 4.98 Å². The highest BCUT2D eigenvalue weighted by Gasteiger charge is 2.14. The van der Waals surface area contributed by atoms with E-state index in [9.17, 15) is 4.79 Å². The van der Waals surface area contributed by atoms with Crippen molar-refractivity contribution in [1.29, 1.82) is 0 Å². The topological polar surface area (TPSA) is 51.2 Å². The number of hydrogen-bond acceptors (Lipinski definition) is 4. The SMILES string of the molecule is O=C(Nc1nc2ccccc2s1)c1ccccc1OCc1ccc(Cl)cc1. The van der Waals surface area contributed by atoms with Gasteiger partial charge in [0.05, 0.1) is 15.8 Å². The van der Waals surface area contributed by atoms with E-state index in [-0.39, 0.29) is 5.91 Å². The summed E-state index contributed by atoms with van der Waals surface area (Å²) in [4.78, 5) is 17.2. The molecule has 0 saturated heterocycles. The summed E-state index contributed by atoms with van der Waals surface area (Å²) in [5.41, 5.74) is 2.30. The van der Waals surface area contributed by atoms with E-state index in [1.807, 2.05) is 60.7 Å². The molecule has 3 aromatic carbocycles. The zero-order valence-electron chi connectivity index (χ0n) is 14.2. The van der Waals surface area contributed by atoms with Gasteiger partial charge in [0.25, 0.3) is 5.91 Å². The zero-order valence-corrected chi connectivity index (χ0v) is 15.8. The van der Waals surface area contributed by atoms with Crippen molar-refractivity contribution in [2.75, 3.05) is 5.32 Å². The standard InChI is InChI=1S/C21H15ClN2O2S/c22-15-11-9-14(10-12-15)13-26-18-7-3-1-5-16(18)20(25)24-21-23-17-6-2-4-8-19(17)27-21/h1-12H,13H2,(H,23,24,25). The first-order valence-corrected chi connectivity index (χ1v) is 9.52. The Balaban J connectivity index is 1.50. The number of nitrogens with zero attached hydrogens (tertiary/aromatic N) is 1. The van der Waals surface area contributed by atoms with Crippen molar-refractivity contribution in [3.05, 3.63) is 88.9 Å². The van der Waals surface area contributed by atoms with Gasteiger partial charge in [0, 0.05) is 5.02 Å². The molecule has 0 saturated carbocycles. The van der Waals surface area contributed by atoms with E-state index in [0.29, 0.717) is 28.1 Å². The number of nitrogens with one attached hydrogen (secondary N) is 1. The fourth-order valence-corrected chi connectivity index (χ4v) is 3.60. The van der Waals surface area contributed by atoms with Crippen LogP contribution in [0.25, 0.3) is 10.2 Å². The second-order valence-electron chi connectivity index (χ2n) is 5.85. The highest BCUT2D eigenvalue weighted by atomic mass is 35.5. The van der Waals surface area contributed by atoms with Gasteiger partial charge in [-0.3, -0.25) is 10.1 Å². The summed E-state index contributed by atoms with van der Waals surface area (Å²) in [7, 11) is 0. The first kappa shape index (κ1) is 17.5. The Morgan fingerprint density at radius 3 is 2.56 bits per heavy atom. The number of amides is 1. The minimum Gasteiger partial charge on any atom is -0.488 e. The Morgan fingerprint density at radius 2 is 1.74 bits per heavy atom. The van der Waals surface area contributed by atoms with Crippen molar-refractivity contribution >= 4 is 44.2 Å². The third-order valence-electron chi connectivity index (χ3n) is 3.95. The number of rotatable bonds is 5. The summed E-state index contributed by atoms with van der Waals surface area (Å²) in [6.07, 6.45) is 0. The lowest BCUT2D eigenvalue weighted by Gasteiger charge is -2.11. The fourth-order valence-electron chi connectivity index (χ4n) is 2.61. The molecule has 4 nitrogen and oxygen atoms in total. The normalized spacial score (nSPS) is 10.7. The molecule has 0 spiro atoms. The first-order chi connectivity index (χ1) is 13.2. The van der Waals surface area contributed by atoms with E-state index < -0.39 is 0 Å². The lowest BCUT2D eigenvalue weighted by atomic mass is 10.2. The van der Waals surface area contributed by atoms with Crippen molar-refractivity contribution < 1.29 is 9.53 Å². The summed E-state index contributed by atoms with van der Waals surface area (Å²) in [6, 6.07) is 22.4. The molecule has 0 aliphatic carbocycles. The molecule has 0 bridgehead atoms. The van der Waals surface area contributed by atoms with Gasteiger partial charge < -0.3 is 4.74 Å². The molecule has 6 heteroatoms. The number of benzene rings is 3. The quantitative estimate of drug-likeness (QED) is 0.466. The Morgan fingerprint density at radius 1 is 1.00 bits per heavy atom. The number of fused-ring (bicyclic) bond motifs is 1.